The van der Waals surface area contributed by atoms with E-state index in [2.05, 4.69) is 5.32 Å². The number of carbonyl (C=O) groups excluding carboxylic acids is 2. The lowest BCUT2D eigenvalue weighted by atomic mass is 9.99. The van der Waals surface area contributed by atoms with Crippen LogP contribution in [0.3, 0.4) is 0 Å². The number of amides is 2. The van der Waals surface area contributed by atoms with Crippen molar-refractivity contribution >= 4 is 11.8 Å². The standard InChI is InChI=1S/C29H22F2N2O2/c30-22-15-14-20(26(31)16-22)17-32-28(34)27-24-12-6-7-13-25(24)29(35)33(27)18-21-10-4-5-11-23(21)19-8-2-1-3-9-19/h1-16,27H,17-18H2,(H,32,34). The van der Waals surface area contributed by atoms with E-state index in [4.69, 9.17) is 0 Å². The van der Waals surface area contributed by atoms with E-state index in [0.29, 0.717) is 11.1 Å². The Morgan fingerprint density at radius 3 is 2.26 bits per heavy atom. The summed E-state index contributed by atoms with van der Waals surface area (Å²) < 4.78 is 27.3. The number of hydrogen-bond donors (Lipinski definition) is 1. The Morgan fingerprint density at radius 1 is 0.800 bits per heavy atom. The molecule has 0 aliphatic carbocycles. The van der Waals surface area contributed by atoms with Gasteiger partial charge in [0.25, 0.3) is 5.91 Å². The number of hydrogen-bond acceptors (Lipinski definition) is 2. The summed E-state index contributed by atoms with van der Waals surface area (Å²) in [6, 6.07) is 27.0. The summed E-state index contributed by atoms with van der Waals surface area (Å²) in [5.41, 5.74) is 4.13. The molecule has 1 heterocycles. The minimum absolute atomic E-state index is 0.119. The predicted octanol–water partition coefficient (Wildman–Crippen LogP) is 5.65. The molecular weight excluding hydrogens is 446 g/mol. The highest BCUT2D eigenvalue weighted by Crippen LogP contribution is 2.36. The highest BCUT2D eigenvalue weighted by molar-refractivity contribution is 6.04. The molecule has 0 aromatic heterocycles. The minimum Gasteiger partial charge on any atom is -0.350 e. The molecule has 0 bridgehead atoms. The maximum absolute atomic E-state index is 14.1. The lowest BCUT2D eigenvalue weighted by molar-refractivity contribution is -0.125. The van der Waals surface area contributed by atoms with E-state index >= 15 is 0 Å². The van der Waals surface area contributed by atoms with Crippen LogP contribution in [0.1, 0.15) is 33.1 Å². The average Bonchev–Trinajstić information content (AvgIpc) is 3.16. The molecule has 35 heavy (non-hydrogen) atoms. The molecule has 2 amide bonds. The van der Waals surface area contributed by atoms with Gasteiger partial charge in [-0.3, -0.25) is 9.59 Å². The largest absolute Gasteiger partial charge is 0.350 e. The Kier molecular flexibility index (Phi) is 6.10. The monoisotopic (exact) mass is 468 g/mol. The third-order valence-electron chi connectivity index (χ3n) is 6.22. The quantitative estimate of drug-likeness (QED) is 0.398. The van der Waals surface area contributed by atoms with E-state index in [1.54, 1.807) is 29.2 Å². The van der Waals surface area contributed by atoms with Gasteiger partial charge in [0.1, 0.15) is 17.7 Å². The van der Waals surface area contributed by atoms with Crippen LogP contribution in [-0.4, -0.2) is 16.7 Å². The molecule has 1 unspecified atom stereocenters. The van der Waals surface area contributed by atoms with Crippen molar-refractivity contribution in [2.75, 3.05) is 0 Å². The van der Waals surface area contributed by atoms with Gasteiger partial charge in [-0.05, 0) is 34.4 Å². The average molecular weight is 469 g/mol. The van der Waals surface area contributed by atoms with Crippen molar-refractivity contribution in [3.8, 4) is 11.1 Å². The third kappa shape index (κ3) is 4.43. The summed E-state index contributed by atoms with van der Waals surface area (Å²) in [6.45, 7) is 0.105. The molecule has 5 rings (SSSR count). The van der Waals surface area contributed by atoms with Gasteiger partial charge in [-0.1, -0.05) is 78.9 Å². The van der Waals surface area contributed by atoms with Crippen LogP contribution in [0.2, 0.25) is 0 Å². The number of rotatable bonds is 6. The van der Waals surface area contributed by atoms with Crippen LogP contribution in [0, 0.1) is 11.6 Å². The molecule has 0 saturated carbocycles. The Hall–Kier alpha value is -4.32. The van der Waals surface area contributed by atoms with Crippen LogP contribution in [0.5, 0.6) is 0 Å². The number of fused-ring (bicyclic) bond motifs is 1. The van der Waals surface area contributed by atoms with Gasteiger partial charge in [0, 0.05) is 30.3 Å². The predicted molar refractivity (Wildman–Crippen MR) is 129 cm³/mol. The Balaban J connectivity index is 1.45. The summed E-state index contributed by atoms with van der Waals surface area (Å²) in [5.74, 6) is -2.08. The summed E-state index contributed by atoms with van der Waals surface area (Å²) in [4.78, 5) is 28.3. The van der Waals surface area contributed by atoms with Crippen LogP contribution in [0.4, 0.5) is 8.78 Å². The second-order valence-electron chi connectivity index (χ2n) is 8.40. The normalized spacial score (nSPS) is 14.6. The number of nitrogens with zero attached hydrogens (tertiary/aromatic N) is 1. The molecule has 4 aromatic rings. The van der Waals surface area contributed by atoms with Crippen molar-refractivity contribution in [3.05, 3.63) is 131 Å². The molecule has 1 atom stereocenters. The molecule has 0 spiro atoms. The molecule has 0 fully saturated rings. The number of benzene rings is 4. The first-order valence-corrected chi connectivity index (χ1v) is 11.3. The van der Waals surface area contributed by atoms with Crippen LogP contribution in [0.15, 0.2) is 97.1 Å². The number of nitrogens with one attached hydrogen (secondary N) is 1. The van der Waals surface area contributed by atoms with Crippen molar-refractivity contribution in [3.63, 3.8) is 0 Å². The van der Waals surface area contributed by atoms with Crippen molar-refractivity contribution in [2.45, 2.75) is 19.1 Å². The Morgan fingerprint density at radius 2 is 1.49 bits per heavy atom. The van der Waals surface area contributed by atoms with Crippen molar-refractivity contribution in [1.29, 1.82) is 0 Å². The van der Waals surface area contributed by atoms with E-state index in [-0.39, 0.29) is 24.6 Å². The van der Waals surface area contributed by atoms with Gasteiger partial charge < -0.3 is 10.2 Å². The fraction of sp³-hybridized carbons (Fsp3) is 0.103. The van der Waals surface area contributed by atoms with Gasteiger partial charge in [-0.15, -0.1) is 0 Å². The zero-order chi connectivity index (χ0) is 24.4. The van der Waals surface area contributed by atoms with Gasteiger partial charge in [0.2, 0.25) is 5.91 Å². The fourth-order valence-electron chi connectivity index (χ4n) is 4.50. The zero-order valence-corrected chi connectivity index (χ0v) is 18.7. The Labute approximate surface area is 201 Å². The fourth-order valence-corrected chi connectivity index (χ4v) is 4.50. The molecule has 4 nitrogen and oxygen atoms in total. The molecule has 0 radical (unpaired) electrons. The molecule has 174 valence electrons. The minimum atomic E-state index is -0.869. The molecular formula is C29H22F2N2O2. The van der Waals surface area contributed by atoms with Crippen LogP contribution in [0.25, 0.3) is 11.1 Å². The van der Waals surface area contributed by atoms with Crippen molar-refractivity contribution in [2.24, 2.45) is 0 Å². The van der Waals surface area contributed by atoms with Gasteiger partial charge in [-0.2, -0.15) is 0 Å². The summed E-state index contributed by atoms with van der Waals surface area (Å²) in [7, 11) is 0. The van der Waals surface area contributed by atoms with Gasteiger partial charge in [-0.25, -0.2) is 8.78 Å². The second-order valence-corrected chi connectivity index (χ2v) is 8.40. The van der Waals surface area contributed by atoms with Crippen LogP contribution in [-0.2, 0) is 17.9 Å². The van der Waals surface area contributed by atoms with Crippen LogP contribution < -0.4 is 5.32 Å². The van der Waals surface area contributed by atoms with Crippen LogP contribution >= 0.6 is 0 Å². The lowest BCUT2D eigenvalue weighted by Gasteiger charge is -2.26. The van der Waals surface area contributed by atoms with Gasteiger partial charge in [0.05, 0.1) is 0 Å². The maximum Gasteiger partial charge on any atom is 0.255 e. The zero-order valence-electron chi connectivity index (χ0n) is 18.7. The van der Waals surface area contributed by atoms with E-state index in [9.17, 15) is 18.4 Å². The molecule has 6 heteroatoms. The third-order valence-corrected chi connectivity index (χ3v) is 6.22. The van der Waals surface area contributed by atoms with E-state index in [1.165, 1.54) is 6.07 Å². The molecule has 1 aliphatic rings. The van der Waals surface area contributed by atoms with Crippen molar-refractivity contribution < 1.29 is 18.4 Å². The first-order chi connectivity index (χ1) is 17.0. The van der Waals surface area contributed by atoms with Gasteiger partial charge in [0.15, 0.2) is 0 Å². The highest BCUT2D eigenvalue weighted by atomic mass is 19.1. The lowest BCUT2D eigenvalue weighted by Crippen LogP contribution is -2.38. The SMILES string of the molecule is O=C(NCc1ccc(F)cc1F)C1c2ccccc2C(=O)N1Cc1ccccc1-c1ccccc1. The first kappa shape index (κ1) is 22.5. The second kappa shape index (κ2) is 9.50. The van der Waals surface area contributed by atoms with E-state index in [0.717, 1.165) is 28.8 Å². The molecule has 0 saturated heterocycles. The summed E-state index contributed by atoms with van der Waals surface area (Å²) in [5, 5.41) is 2.73. The molecule has 4 aromatic carbocycles. The topological polar surface area (TPSA) is 49.4 Å². The summed E-state index contributed by atoms with van der Waals surface area (Å²) >= 11 is 0. The number of halogens is 2. The van der Waals surface area contributed by atoms with Crippen molar-refractivity contribution in [1.82, 2.24) is 10.2 Å². The number of carbonyl (C=O) groups is 2. The van der Waals surface area contributed by atoms with E-state index < -0.39 is 23.6 Å². The summed E-state index contributed by atoms with van der Waals surface area (Å²) in [6.07, 6.45) is 0. The van der Waals surface area contributed by atoms with Gasteiger partial charge >= 0.3 is 0 Å². The smallest absolute Gasteiger partial charge is 0.255 e. The molecule has 1 N–H and O–H groups in total. The maximum atomic E-state index is 14.1. The Bertz CT molecular complexity index is 1400. The molecule has 1 aliphatic heterocycles. The first-order valence-electron chi connectivity index (χ1n) is 11.3. The van der Waals surface area contributed by atoms with E-state index in [1.807, 2.05) is 54.6 Å². The highest BCUT2D eigenvalue weighted by Gasteiger charge is 2.41.